The normalized spacial score (nSPS) is 10.9. The minimum atomic E-state index is 0.590. The standard InChI is InChI=1S/C18H15ClN4O/c19-15-5-1-2-6-16(15)21-12-7-8-14-17(10-12)22-23-18(14)20-11-13-4-3-9-24-13/h1-10,21H,11H2,(H2,20,22,23). The number of fused-ring (bicyclic) bond motifs is 1. The van der Waals surface area contributed by atoms with Gasteiger partial charge in [-0.2, -0.15) is 5.10 Å². The lowest BCUT2D eigenvalue weighted by Gasteiger charge is -2.08. The summed E-state index contributed by atoms with van der Waals surface area (Å²) in [6.07, 6.45) is 1.66. The summed E-state index contributed by atoms with van der Waals surface area (Å²) in [6.45, 7) is 0.590. The number of halogens is 1. The molecular formula is C18H15ClN4O. The van der Waals surface area contributed by atoms with Gasteiger partial charge in [-0.3, -0.25) is 5.10 Å². The molecule has 2 heterocycles. The summed E-state index contributed by atoms with van der Waals surface area (Å²) in [4.78, 5) is 0. The van der Waals surface area contributed by atoms with E-state index in [1.807, 2.05) is 54.6 Å². The zero-order chi connectivity index (χ0) is 16.4. The van der Waals surface area contributed by atoms with E-state index in [-0.39, 0.29) is 0 Å². The van der Waals surface area contributed by atoms with Crippen LogP contribution in [0.4, 0.5) is 17.2 Å². The molecule has 0 bridgehead atoms. The molecule has 2 aromatic carbocycles. The SMILES string of the molecule is Clc1ccccc1Nc1ccc2c(NCc3ccco3)n[nH]c2c1. The lowest BCUT2D eigenvalue weighted by atomic mass is 10.2. The maximum absolute atomic E-state index is 6.19. The molecule has 0 aliphatic carbocycles. The Balaban J connectivity index is 1.55. The van der Waals surface area contributed by atoms with Gasteiger partial charge in [0.05, 0.1) is 29.0 Å². The molecule has 0 aliphatic heterocycles. The van der Waals surface area contributed by atoms with Crippen molar-refractivity contribution in [1.82, 2.24) is 10.2 Å². The predicted octanol–water partition coefficient (Wildman–Crippen LogP) is 5.17. The minimum absolute atomic E-state index is 0.590. The van der Waals surface area contributed by atoms with Gasteiger partial charge in [0.15, 0.2) is 5.82 Å². The first-order chi connectivity index (χ1) is 11.8. The van der Waals surface area contributed by atoms with Crippen LogP contribution in [-0.4, -0.2) is 10.2 Å². The molecule has 0 saturated heterocycles. The Labute approximate surface area is 143 Å². The molecule has 5 nitrogen and oxygen atoms in total. The van der Waals surface area contributed by atoms with Crippen LogP contribution >= 0.6 is 11.6 Å². The first-order valence-electron chi connectivity index (χ1n) is 7.55. The predicted molar refractivity (Wildman–Crippen MR) is 96.9 cm³/mol. The van der Waals surface area contributed by atoms with E-state index in [4.69, 9.17) is 16.0 Å². The second-order valence-electron chi connectivity index (χ2n) is 5.37. The van der Waals surface area contributed by atoms with Crippen LogP contribution in [0.15, 0.2) is 65.3 Å². The third kappa shape index (κ3) is 2.94. The number of benzene rings is 2. The van der Waals surface area contributed by atoms with Crippen molar-refractivity contribution >= 4 is 39.7 Å². The lowest BCUT2D eigenvalue weighted by molar-refractivity contribution is 0.518. The van der Waals surface area contributed by atoms with Crippen LogP contribution < -0.4 is 10.6 Å². The molecule has 24 heavy (non-hydrogen) atoms. The van der Waals surface area contributed by atoms with Crippen molar-refractivity contribution in [2.45, 2.75) is 6.54 Å². The molecular weight excluding hydrogens is 324 g/mol. The number of anilines is 3. The van der Waals surface area contributed by atoms with Gasteiger partial charge in [0.2, 0.25) is 0 Å². The lowest BCUT2D eigenvalue weighted by Crippen LogP contribution is -1.98. The van der Waals surface area contributed by atoms with Crippen molar-refractivity contribution in [1.29, 1.82) is 0 Å². The Bertz CT molecular complexity index is 962. The Morgan fingerprint density at radius 2 is 2.00 bits per heavy atom. The fraction of sp³-hybridized carbons (Fsp3) is 0.0556. The molecule has 0 amide bonds. The van der Waals surface area contributed by atoms with E-state index in [1.54, 1.807) is 6.26 Å². The molecule has 0 radical (unpaired) electrons. The summed E-state index contributed by atoms with van der Waals surface area (Å²) >= 11 is 6.19. The first-order valence-corrected chi connectivity index (χ1v) is 7.93. The second-order valence-corrected chi connectivity index (χ2v) is 5.78. The smallest absolute Gasteiger partial charge is 0.156 e. The Kier molecular flexibility index (Phi) is 3.84. The number of hydrogen-bond acceptors (Lipinski definition) is 4. The van der Waals surface area contributed by atoms with Crippen molar-refractivity contribution in [2.24, 2.45) is 0 Å². The topological polar surface area (TPSA) is 65.9 Å². The largest absolute Gasteiger partial charge is 0.467 e. The van der Waals surface area contributed by atoms with Crippen molar-refractivity contribution in [2.75, 3.05) is 10.6 Å². The van der Waals surface area contributed by atoms with Crippen LogP contribution in [0.2, 0.25) is 5.02 Å². The summed E-state index contributed by atoms with van der Waals surface area (Å²) in [5.74, 6) is 1.66. The summed E-state index contributed by atoms with van der Waals surface area (Å²) in [6, 6.07) is 17.5. The molecule has 2 aromatic heterocycles. The summed E-state index contributed by atoms with van der Waals surface area (Å²) in [5, 5.41) is 15.7. The highest BCUT2D eigenvalue weighted by atomic mass is 35.5. The molecule has 0 aliphatic rings. The van der Waals surface area contributed by atoms with Gasteiger partial charge in [-0.1, -0.05) is 23.7 Å². The maximum Gasteiger partial charge on any atom is 0.156 e. The molecule has 0 fully saturated rings. The van der Waals surface area contributed by atoms with Gasteiger partial charge >= 0.3 is 0 Å². The van der Waals surface area contributed by atoms with Crippen molar-refractivity contribution < 1.29 is 4.42 Å². The number of hydrogen-bond donors (Lipinski definition) is 3. The highest BCUT2D eigenvalue weighted by molar-refractivity contribution is 6.33. The van der Waals surface area contributed by atoms with E-state index in [9.17, 15) is 0 Å². The van der Waals surface area contributed by atoms with Gasteiger partial charge in [0, 0.05) is 11.1 Å². The summed E-state index contributed by atoms with van der Waals surface area (Å²) in [5.41, 5.74) is 2.75. The molecule has 0 unspecified atom stereocenters. The van der Waals surface area contributed by atoms with E-state index in [0.717, 1.165) is 33.9 Å². The van der Waals surface area contributed by atoms with E-state index in [0.29, 0.717) is 11.6 Å². The van der Waals surface area contributed by atoms with Gasteiger partial charge in [-0.25, -0.2) is 0 Å². The molecule has 4 aromatic rings. The van der Waals surface area contributed by atoms with Gasteiger partial charge in [-0.05, 0) is 42.5 Å². The van der Waals surface area contributed by atoms with Gasteiger partial charge < -0.3 is 15.1 Å². The number of H-pyrrole nitrogens is 1. The Morgan fingerprint density at radius 1 is 1.08 bits per heavy atom. The van der Waals surface area contributed by atoms with E-state index >= 15 is 0 Å². The van der Waals surface area contributed by atoms with Crippen molar-refractivity contribution in [3.63, 3.8) is 0 Å². The van der Waals surface area contributed by atoms with Crippen LogP contribution in [0, 0.1) is 0 Å². The van der Waals surface area contributed by atoms with Gasteiger partial charge in [-0.15, -0.1) is 0 Å². The van der Waals surface area contributed by atoms with Crippen LogP contribution in [0.1, 0.15) is 5.76 Å². The van der Waals surface area contributed by atoms with E-state index in [2.05, 4.69) is 20.8 Å². The van der Waals surface area contributed by atoms with Crippen LogP contribution in [0.3, 0.4) is 0 Å². The number of furan rings is 1. The van der Waals surface area contributed by atoms with Crippen LogP contribution in [0.25, 0.3) is 10.9 Å². The Morgan fingerprint density at radius 3 is 2.83 bits per heavy atom. The number of nitrogens with zero attached hydrogens (tertiary/aromatic N) is 1. The molecule has 120 valence electrons. The average molecular weight is 339 g/mol. The van der Waals surface area contributed by atoms with Crippen LogP contribution in [0.5, 0.6) is 0 Å². The summed E-state index contributed by atoms with van der Waals surface area (Å²) in [7, 11) is 0. The zero-order valence-electron chi connectivity index (χ0n) is 12.7. The molecule has 6 heteroatoms. The van der Waals surface area contributed by atoms with E-state index in [1.165, 1.54) is 0 Å². The van der Waals surface area contributed by atoms with Gasteiger partial charge in [0.1, 0.15) is 5.76 Å². The third-order valence-electron chi connectivity index (χ3n) is 3.73. The van der Waals surface area contributed by atoms with Crippen LogP contribution in [-0.2, 0) is 6.54 Å². The summed E-state index contributed by atoms with van der Waals surface area (Å²) < 4.78 is 5.32. The fourth-order valence-electron chi connectivity index (χ4n) is 2.53. The van der Waals surface area contributed by atoms with Crippen molar-refractivity contribution in [3.05, 3.63) is 71.6 Å². The quantitative estimate of drug-likeness (QED) is 0.470. The third-order valence-corrected chi connectivity index (χ3v) is 4.06. The second kappa shape index (κ2) is 6.29. The number of aromatic nitrogens is 2. The first kappa shape index (κ1) is 14.7. The molecule has 4 rings (SSSR count). The number of nitrogens with one attached hydrogen (secondary N) is 3. The average Bonchev–Trinajstić information content (AvgIpc) is 3.24. The fourth-order valence-corrected chi connectivity index (χ4v) is 2.72. The number of rotatable bonds is 5. The van der Waals surface area contributed by atoms with Crippen molar-refractivity contribution in [3.8, 4) is 0 Å². The molecule has 0 spiro atoms. The monoisotopic (exact) mass is 338 g/mol. The number of aromatic amines is 1. The molecule has 0 saturated carbocycles. The highest BCUT2D eigenvalue weighted by Gasteiger charge is 2.07. The van der Waals surface area contributed by atoms with Gasteiger partial charge in [0.25, 0.3) is 0 Å². The zero-order valence-corrected chi connectivity index (χ0v) is 13.5. The van der Waals surface area contributed by atoms with E-state index < -0.39 is 0 Å². The highest BCUT2D eigenvalue weighted by Crippen LogP contribution is 2.28. The number of para-hydroxylation sites is 1. The Hall–Kier alpha value is -2.92. The minimum Gasteiger partial charge on any atom is -0.467 e. The molecule has 0 atom stereocenters. The molecule has 3 N–H and O–H groups in total. The maximum atomic E-state index is 6.19.